The summed E-state index contributed by atoms with van der Waals surface area (Å²) in [4.78, 5) is 34.3. The molecule has 6 heteroatoms. The number of hydrogen-bond acceptors (Lipinski definition) is 5. The topological polar surface area (TPSA) is 75.2 Å². The lowest BCUT2D eigenvalue weighted by Gasteiger charge is -2.19. The molecule has 0 radical (unpaired) electrons. The number of carbonyl (C=O) groups is 2. The fourth-order valence-electron chi connectivity index (χ4n) is 3.10. The maximum absolute atomic E-state index is 12.2. The van der Waals surface area contributed by atoms with Crippen molar-refractivity contribution in [3.63, 3.8) is 0 Å². The van der Waals surface area contributed by atoms with Crippen LogP contribution in [0.15, 0.2) is 12.4 Å². The number of nitrogens with one attached hydrogen (secondary N) is 1. The molecule has 112 valence electrons. The van der Waals surface area contributed by atoms with Gasteiger partial charge in [0.1, 0.15) is 5.82 Å². The molecule has 2 heterocycles. The van der Waals surface area contributed by atoms with Crippen molar-refractivity contribution in [1.29, 1.82) is 0 Å². The van der Waals surface area contributed by atoms with Gasteiger partial charge in [0.2, 0.25) is 11.8 Å². The molecule has 2 atom stereocenters. The Morgan fingerprint density at radius 2 is 1.86 bits per heavy atom. The number of rotatable bonds is 5. The van der Waals surface area contributed by atoms with Crippen LogP contribution in [0.1, 0.15) is 32.9 Å². The van der Waals surface area contributed by atoms with Crippen LogP contribution in [0.4, 0.5) is 5.82 Å². The molecule has 1 saturated carbocycles. The Labute approximate surface area is 124 Å². The van der Waals surface area contributed by atoms with Gasteiger partial charge < -0.3 is 5.32 Å². The van der Waals surface area contributed by atoms with E-state index in [4.69, 9.17) is 0 Å². The second-order valence-electron chi connectivity index (χ2n) is 6.36. The van der Waals surface area contributed by atoms with E-state index in [9.17, 15) is 9.59 Å². The summed E-state index contributed by atoms with van der Waals surface area (Å²) < 4.78 is 0. The maximum atomic E-state index is 12.2. The molecule has 3 rings (SSSR count). The highest BCUT2D eigenvalue weighted by Crippen LogP contribution is 2.63. The van der Waals surface area contributed by atoms with Gasteiger partial charge in [0, 0.05) is 6.54 Å². The largest absolute Gasteiger partial charge is 0.369 e. The minimum Gasteiger partial charge on any atom is -0.369 e. The second-order valence-corrected chi connectivity index (χ2v) is 6.36. The zero-order valence-corrected chi connectivity index (χ0v) is 12.6. The summed E-state index contributed by atoms with van der Waals surface area (Å²) in [5, 5.41) is 3.14. The van der Waals surface area contributed by atoms with Crippen molar-refractivity contribution in [3.8, 4) is 0 Å². The second kappa shape index (κ2) is 4.79. The highest BCUT2D eigenvalue weighted by Gasteiger charge is 2.72. The fourth-order valence-corrected chi connectivity index (χ4v) is 3.10. The lowest BCUT2D eigenvalue weighted by molar-refractivity contribution is -0.143. The van der Waals surface area contributed by atoms with Crippen molar-refractivity contribution in [1.82, 2.24) is 14.9 Å². The van der Waals surface area contributed by atoms with E-state index in [2.05, 4.69) is 22.2 Å². The summed E-state index contributed by atoms with van der Waals surface area (Å²) in [5.41, 5.74) is 0.474. The van der Waals surface area contributed by atoms with Crippen LogP contribution in [-0.4, -0.2) is 33.2 Å². The van der Waals surface area contributed by atoms with Crippen LogP contribution in [0.5, 0.6) is 0 Å². The highest BCUT2D eigenvalue weighted by atomic mass is 16.2. The first-order chi connectivity index (χ1) is 9.96. The van der Waals surface area contributed by atoms with E-state index in [-0.39, 0.29) is 35.6 Å². The predicted molar refractivity (Wildman–Crippen MR) is 77.1 cm³/mol. The van der Waals surface area contributed by atoms with Gasteiger partial charge in [0.25, 0.3) is 0 Å². The molecule has 21 heavy (non-hydrogen) atoms. The smallest absolute Gasteiger partial charge is 0.234 e. The summed E-state index contributed by atoms with van der Waals surface area (Å²) in [5.74, 6) is 0.311. The monoisotopic (exact) mass is 288 g/mol. The number of hydrogen-bond donors (Lipinski definition) is 1. The normalized spacial score (nSPS) is 26.0. The van der Waals surface area contributed by atoms with Gasteiger partial charge in [-0.3, -0.25) is 19.5 Å². The van der Waals surface area contributed by atoms with Gasteiger partial charge in [-0.25, -0.2) is 4.98 Å². The molecular formula is C15H20N4O2. The Kier molecular flexibility index (Phi) is 3.19. The number of carbonyl (C=O) groups excluding carboxylic acids is 2. The Morgan fingerprint density at radius 3 is 2.38 bits per heavy atom. The average molecular weight is 288 g/mol. The van der Waals surface area contributed by atoms with Crippen LogP contribution in [0, 0.1) is 17.3 Å². The van der Waals surface area contributed by atoms with E-state index in [1.807, 2.05) is 13.8 Å². The standard InChI is InChI=1S/C15H20N4O2/c1-4-5-16-10-7-17-9(6-18-10)8-19-13(20)11-12(14(19)21)15(11,2)3/h6-7,11-12H,4-5,8H2,1-3H3,(H,16,18). The number of anilines is 1. The third-order valence-corrected chi connectivity index (χ3v) is 4.47. The quantitative estimate of drug-likeness (QED) is 0.830. The summed E-state index contributed by atoms with van der Waals surface area (Å²) in [7, 11) is 0. The number of imide groups is 1. The molecule has 1 aliphatic carbocycles. The Hall–Kier alpha value is -1.98. The van der Waals surface area contributed by atoms with Crippen molar-refractivity contribution >= 4 is 17.6 Å². The van der Waals surface area contributed by atoms with Gasteiger partial charge in [0.05, 0.1) is 36.5 Å². The minimum absolute atomic E-state index is 0.0648. The van der Waals surface area contributed by atoms with Gasteiger partial charge in [-0.1, -0.05) is 20.8 Å². The van der Waals surface area contributed by atoms with E-state index in [1.54, 1.807) is 12.4 Å². The zero-order chi connectivity index (χ0) is 15.2. The van der Waals surface area contributed by atoms with Crippen LogP contribution >= 0.6 is 0 Å². The fraction of sp³-hybridized carbons (Fsp3) is 0.600. The third kappa shape index (κ3) is 2.18. The molecular weight excluding hydrogens is 268 g/mol. The van der Waals surface area contributed by atoms with E-state index >= 15 is 0 Å². The molecule has 1 aliphatic heterocycles. The van der Waals surface area contributed by atoms with E-state index in [0.717, 1.165) is 13.0 Å². The van der Waals surface area contributed by atoms with Crippen LogP contribution in [-0.2, 0) is 16.1 Å². The van der Waals surface area contributed by atoms with E-state index in [1.165, 1.54) is 4.90 Å². The molecule has 1 aromatic rings. The van der Waals surface area contributed by atoms with Crippen LogP contribution in [0.2, 0.25) is 0 Å². The minimum atomic E-state index is -0.162. The molecule has 1 aromatic heterocycles. The van der Waals surface area contributed by atoms with Crippen molar-refractivity contribution in [2.75, 3.05) is 11.9 Å². The van der Waals surface area contributed by atoms with Gasteiger partial charge in [-0.05, 0) is 11.8 Å². The number of amides is 2. The predicted octanol–water partition coefficient (Wildman–Crippen LogP) is 1.44. The first-order valence-corrected chi connectivity index (χ1v) is 7.36. The average Bonchev–Trinajstić information content (AvgIpc) is 2.94. The molecule has 0 aromatic carbocycles. The van der Waals surface area contributed by atoms with Crippen molar-refractivity contribution in [2.24, 2.45) is 17.3 Å². The Balaban J connectivity index is 1.65. The molecule has 1 N–H and O–H groups in total. The molecule has 2 aliphatic rings. The summed E-state index contributed by atoms with van der Waals surface area (Å²) in [6.07, 6.45) is 4.27. The molecule has 0 bridgehead atoms. The maximum Gasteiger partial charge on any atom is 0.234 e. The molecule has 2 fully saturated rings. The Morgan fingerprint density at radius 1 is 1.19 bits per heavy atom. The number of likely N-dealkylation sites (tertiary alicyclic amines) is 1. The lowest BCUT2D eigenvalue weighted by atomic mass is 10.1. The first-order valence-electron chi connectivity index (χ1n) is 7.36. The highest BCUT2D eigenvalue weighted by molar-refractivity contribution is 6.10. The lowest BCUT2D eigenvalue weighted by Crippen LogP contribution is -2.35. The van der Waals surface area contributed by atoms with E-state index in [0.29, 0.717) is 11.5 Å². The number of piperidine rings is 1. The SMILES string of the molecule is CCCNc1cnc(CN2C(=O)C3C(C2=O)C3(C)C)cn1. The van der Waals surface area contributed by atoms with Crippen LogP contribution < -0.4 is 5.32 Å². The number of fused-ring (bicyclic) bond motifs is 1. The summed E-state index contributed by atoms with van der Waals surface area (Å²) >= 11 is 0. The van der Waals surface area contributed by atoms with Crippen molar-refractivity contribution in [2.45, 2.75) is 33.7 Å². The molecule has 6 nitrogen and oxygen atoms in total. The zero-order valence-electron chi connectivity index (χ0n) is 12.6. The van der Waals surface area contributed by atoms with Gasteiger partial charge in [-0.2, -0.15) is 0 Å². The van der Waals surface area contributed by atoms with Crippen molar-refractivity contribution < 1.29 is 9.59 Å². The van der Waals surface area contributed by atoms with Crippen LogP contribution in [0.3, 0.4) is 0 Å². The summed E-state index contributed by atoms with van der Waals surface area (Å²) in [6, 6.07) is 0. The molecule has 0 spiro atoms. The molecule has 2 unspecified atom stereocenters. The van der Waals surface area contributed by atoms with Gasteiger partial charge in [0.15, 0.2) is 0 Å². The Bertz CT molecular complexity index is 558. The van der Waals surface area contributed by atoms with E-state index < -0.39 is 0 Å². The van der Waals surface area contributed by atoms with Crippen LogP contribution in [0.25, 0.3) is 0 Å². The number of aromatic nitrogens is 2. The van der Waals surface area contributed by atoms with Crippen molar-refractivity contribution in [3.05, 3.63) is 18.1 Å². The molecule has 2 amide bonds. The first kappa shape index (κ1) is 14.0. The number of nitrogens with zero attached hydrogens (tertiary/aromatic N) is 3. The molecule has 1 saturated heterocycles. The summed E-state index contributed by atoms with van der Waals surface area (Å²) in [6.45, 7) is 7.09. The van der Waals surface area contributed by atoms with Gasteiger partial charge in [-0.15, -0.1) is 0 Å². The van der Waals surface area contributed by atoms with Gasteiger partial charge >= 0.3 is 0 Å². The third-order valence-electron chi connectivity index (χ3n) is 4.47.